The van der Waals surface area contributed by atoms with Crippen molar-refractivity contribution in [2.45, 2.75) is 6.92 Å². The van der Waals surface area contributed by atoms with E-state index in [1.807, 2.05) is 13.0 Å². The van der Waals surface area contributed by atoms with Gasteiger partial charge in [0, 0.05) is 5.56 Å². The molecular formula is C19H19N3O3S. The molecule has 0 aliphatic carbocycles. The molecule has 0 aromatic heterocycles. The van der Waals surface area contributed by atoms with Crippen LogP contribution in [0.2, 0.25) is 0 Å². The summed E-state index contributed by atoms with van der Waals surface area (Å²) in [4.78, 5) is 24.4. The topological polar surface area (TPSA) is 79.5 Å². The van der Waals surface area contributed by atoms with Crippen molar-refractivity contribution in [1.82, 2.24) is 16.2 Å². The molecule has 0 aliphatic rings. The number of hydrogen-bond acceptors (Lipinski definition) is 4. The molecule has 2 aromatic carbocycles. The number of hydrogen-bond donors (Lipinski definition) is 3. The van der Waals surface area contributed by atoms with Crippen molar-refractivity contribution in [2.75, 3.05) is 6.61 Å². The Hall–Kier alpha value is -3.19. The lowest BCUT2D eigenvalue weighted by atomic mass is 10.1. The molecule has 0 bridgehead atoms. The highest BCUT2D eigenvalue weighted by molar-refractivity contribution is 7.80. The number of thiocarbonyl (C=S) groups is 1. The zero-order valence-corrected chi connectivity index (χ0v) is 15.1. The molecule has 2 rings (SSSR count). The minimum absolute atomic E-state index is 0.0191. The van der Waals surface area contributed by atoms with Gasteiger partial charge in [0.15, 0.2) is 5.11 Å². The zero-order chi connectivity index (χ0) is 18.9. The van der Waals surface area contributed by atoms with Gasteiger partial charge in [0.2, 0.25) is 0 Å². The lowest BCUT2D eigenvalue weighted by Crippen LogP contribution is -2.48. The van der Waals surface area contributed by atoms with Gasteiger partial charge in [-0.1, -0.05) is 42.5 Å². The number of amides is 2. The Morgan fingerprint density at radius 1 is 1.12 bits per heavy atom. The van der Waals surface area contributed by atoms with Crippen LogP contribution in [-0.4, -0.2) is 23.5 Å². The van der Waals surface area contributed by atoms with E-state index < -0.39 is 5.91 Å². The fourth-order valence-corrected chi connectivity index (χ4v) is 2.25. The molecule has 7 heteroatoms. The lowest BCUT2D eigenvalue weighted by molar-refractivity contribution is 0.0931. The number of carbonyl (C=O) groups is 2. The molecule has 134 valence electrons. The molecule has 0 saturated carbocycles. The minimum atomic E-state index is -0.447. The van der Waals surface area contributed by atoms with Gasteiger partial charge in [-0.15, -0.1) is 0 Å². The molecule has 0 radical (unpaired) electrons. The van der Waals surface area contributed by atoms with E-state index in [0.29, 0.717) is 16.9 Å². The highest BCUT2D eigenvalue weighted by Gasteiger charge is 2.13. The van der Waals surface area contributed by atoms with Crippen LogP contribution in [0.3, 0.4) is 0 Å². The third kappa shape index (κ3) is 5.42. The van der Waals surface area contributed by atoms with Crippen molar-refractivity contribution in [2.24, 2.45) is 0 Å². The standard InChI is InChI=1S/C19H19N3O3S/c1-3-11-25-16-10-5-4-9-15(16)18(24)21-22-19(26)20-17(23)14-8-6-7-13(2)12-14/h3-10,12H,1,11H2,2H3,(H,21,24)(H2,20,22,23,26). The van der Waals surface area contributed by atoms with E-state index >= 15 is 0 Å². The molecule has 0 unspecified atom stereocenters. The zero-order valence-electron chi connectivity index (χ0n) is 14.2. The maximum absolute atomic E-state index is 12.3. The molecule has 0 spiro atoms. The van der Waals surface area contributed by atoms with E-state index in [4.69, 9.17) is 17.0 Å². The molecule has 2 aromatic rings. The summed E-state index contributed by atoms with van der Waals surface area (Å²) in [5, 5.41) is 2.48. The van der Waals surface area contributed by atoms with E-state index in [2.05, 4.69) is 22.7 Å². The van der Waals surface area contributed by atoms with Crippen LogP contribution < -0.4 is 20.9 Å². The Labute approximate surface area is 157 Å². The predicted molar refractivity (Wildman–Crippen MR) is 104 cm³/mol. The average Bonchev–Trinajstić information content (AvgIpc) is 2.64. The normalized spacial score (nSPS) is 9.73. The Morgan fingerprint density at radius 3 is 2.62 bits per heavy atom. The summed E-state index contributed by atoms with van der Waals surface area (Å²) in [6, 6.07) is 13.9. The molecule has 0 fully saturated rings. The number of para-hydroxylation sites is 1. The van der Waals surface area contributed by atoms with Gasteiger partial charge in [-0.2, -0.15) is 0 Å². The second-order valence-electron chi connectivity index (χ2n) is 5.33. The van der Waals surface area contributed by atoms with Gasteiger partial charge in [0.25, 0.3) is 11.8 Å². The number of aryl methyl sites for hydroxylation is 1. The molecule has 0 aliphatic heterocycles. The molecule has 0 saturated heterocycles. The monoisotopic (exact) mass is 369 g/mol. The smallest absolute Gasteiger partial charge is 0.273 e. The van der Waals surface area contributed by atoms with Gasteiger partial charge in [-0.25, -0.2) is 0 Å². The predicted octanol–water partition coefficient (Wildman–Crippen LogP) is 2.51. The molecule has 26 heavy (non-hydrogen) atoms. The van der Waals surface area contributed by atoms with Gasteiger partial charge in [0.1, 0.15) is 12.4 Å². The summed E-state index contributed by atoms with van der Waals surface area (Å²) in [6.07, 6.45) is 1.59. The minimum Gasteiger partial charge on any atom is -0.489 e. The molecule has 3 N–H and O–H groups in total. The molecule has 0 atom stereocenters. The van der Waals surface area contributed by atoms with Crippen LogP contribution in [0.4, 0.5) is 0 Å². The molecule has 6 nitrogen and oxygen atoms in total. The van der Waals surface area contributed by atoms with Crippen molar-refractivity contribution in [3.8, 4) is 5.75 Å². The van der Waals surface area contributed by atoms with Gasteiger partial charge in [-0.05, 0) is 43.4 Å². The van der Waals surface area contributed by atoms with E-state index in [0.717, 1.165) is 5.56 Å². The van der Waals surface area contributed by atoms with E-state index in [-0.39, 0.29) is 17.6 Å². The molecule has 0 heterocycles. The Balaban J connectivity index is 1.92. The largest absolute Gasteiger partial charge is 0.489 e. The van der Waals surface area contributed by atoms with Gasteiger partial charge in [0.05, 0.1) is 5.56 Å². The summed E-state index contributed by atoms with van der Waals surface area (Å²) >= 11 is 5.03. The van der Waals surface area contributed by atoms with Crippen LogP contribution in [0, 0.1) is 6.92 Å². The van der Waals surface area contributed by atoms with Crippen molar-refractivity contribution >= 4 is 29.1 Å². The van der Waals surface area contributed by atoms with Crippen molar-refractivity contribution in [3.05, 3.63) is 77.9 Å². The fraction of sp³-hybridized carbons (Fsp3) is 0.105. The van der Waals surface area contributed by atoms with Crippen LogP contribution in [0.5, 0.6) is 5.75 Å². The number of nitrogens with one attached hydrogen (secondary N) is 3. The number of rotatable bonds is 5. The highest BCUT2D eigenvalue weighted by Crippen LogP contribution is 2.17. The Kier molecular flexibility index (Phi) is 6.87. The third-order valence-electron chi connectivity index (χ3n) is 3.29. The fourth-order valence-electron chi connectivity index (χ4n) is 2.10. The van der Waals surface area contributed by atoms with Crippen LogP contribution in [0.15, 0.2) is 61.2 Å². The first-order chi connectivity index (χ1) is 12.5. The summed E-state index contributed by atoms with van der Waals surface area (Å²) in [7, 11) is 0. The second-order valence-corrected chi connectivity index (χ2v) is 5.74. The summed E-state index contributed by atoms with van der Waals surface area (Å²) in [5.41, 5.74) is 6.70. The van der Waals surface area contributed by atoms with Crippen molar-refractivity contribution in [3.63, 3.8) is 0 Å². The number of hydrazine groups is 1. The van der Waals surface area contributed by atoms with E-state index in [9.17, 15) is 9.59 Å². The number of ether oxygens (including phenoxy) is 1. The van der Waals surface area contributed by atoms with Crippen molar-refractivity contribution < 1.29 is 14.3 Å². The second kappa shape index (κ2) is 9.33. The van der Waals surface area contributed by atoms with Gasteiger partial charge >= 0.3 is 0 Å². The Morgan fingerprint density at radius 2 is 1.88 bits per heavy atom. The first-order valence-corrected chi connectivity index (χ1v) is 8.23. The highest BCUT2D eigenvalue weighted by atomic mass is 32.1. The maximum atomic E-state index is 12.3. The summed E-state index contributed by atoms with van der Waals surface area (Å²) in [5.74, 6) is -0.395. The number of benzene rings is 2. The average molecular weight is 369 g/mol. The van der Waals surface area contributed by atoms with Crippen molar-refractivity contribution in [1.29, 1.82) is 0 Å². The molecule has 2 amide bonds. The quantitative estimate of drug-likeness (QED) is 0.429. The van der Waals surface area contributed by atoms with Crippen LogP contribution >= 0.6 is 12.2 Å². The first-order valence-electron chi connectivity index (χ1n) is 7.82. The third-order valence-corrected chi connectivity index (χ3v) is 3.49. The van der Waals surface area contributed by atoms with Gasteiger partial charge < -0.3 is 4.74 Å². The summed E-state index contributed by atoms with van der Waals surface area (Å²) < 4.78 is 5.44. The lowest BCUT2D eigenvalue weighted by Gasteiger charge is -2.13. The molecular weight excluding hydrogens is 350 g/mol. The Bertz CT molecular complexity index is 836. The SMILES string of the molecule is C=CCOc1ccccc1C(=O)NNC(=S)NC(=O)c1cccc(C)c1. The van der Waals surface area contributed by atoms with Crippen LogP contribution in [-0.2, 0) is 0 Å². The number of carbonyl (C=O) groups excluding carboxylic acids is 2. The van der Waals surface area contributed by atoms with Crippen LogP contribution in [0.1, 0.15) is 26.3 Å². The summed E-state index contributed by atoms with van der Waals surface area (Å²) in [6.45, 7) is 5.74. The maximum Gasteiger partial charge on any atom is 0.273 e. The van der Waals surface area contributed by atoms with E-state index in [1.54, 1.807) is 48.5 Å². The first kappa shape index (κ1) is 19.1. The van der Waals surface area contributed by atoms with Gasteiger partial charge in [-0.3, -0.25) is 25.8 Å². The van der Waals surface area contributed by atoms with Crippen LogP contribution in [0.25, 0.3) is 0 Å². The van der Waals surface area contributed by atoms with E-state index in [1.165, 1.54) is 0 Å².